The molecular formula is C16H18N2OS. The molecule has 0 amide bonds. The van der Waals surface area contributed by atoms with E-state index in [1.807, 2.05) is 65.6 Å². The molecule has 0 saturated heterocycles. The van der Waals surface area contributed by atoms with Gasteiger partial charge in [0, 0.05) is 11.4 Å². The van der Waals surface area contributed by atoms with Crippen LogP contribution in [-0.4, -0.2) is 10.9 Å². The van der Waals surface area contributed by atoms with E-state index < -0.39 is 0 Å². The summed E-state index contributed by atoms with van der Waals surface area (Å²) in [4.78, 5) is 11.3. The van der Waals surface area contributed by atoms with Crippen LogP contribution in [0.1, 0.15) is 13.8 Å². The van der Waals surface area contributed by atoms with Gasteiger partial charge in [-0.25, -0.2) is 0 Å². The van der Waals surface area contributed by atoms with E-state index in [4.69, 9.17) is 18.0 Å². The monoisotopic (exact) mass is 286 g/mol. The molecule has 0 aliphatic heterocycles. The highest BCUT2D eigenvalue weighted by molar-refractivity contribution is 7.80. The number of para-hydroxylation sites is 2. The Morgan fingerprint density at radius 1 is 0.900 bits per heavy atom. The molecule has 2 N–H and O–H groups in total. The molecule has 0 saturated carbocycles. The molecule has 0 fully saturated rings. The molecule has 20 heavy (non-hydrogen) atoms. The van der Waals surface area contributed by atoms with Crippen LogP contribution < -0.4 is 10.6 Å². The normalized spacial score (nSPS) is 9.10. The Bertz CT molecular complexity index is 512. The summed E-state index contributed by atoms with van der Waals surface area (Å²) >= 11 is 5.08. The number of ketones is 1. The molecule has 104 valence electrons. The van der Waals surface area contributed by atoms with Gasteiger partial charge in [-0.15, -0.1) is 0 Å². The van der Waals surface area contributed by atoms with Gasteiger partial charge >= 0.3 is 0 Å². The average Bonchev–Trinajstić information content (AvgIpc) is 2.40. The topological polar surface area (TPSA) is 46.3 Å². The number of Topliss-reactive ketones (excluding diaryl/α,β-unsaturated/α-hetero) is 1. The van der Waals surface area contributed by atoms with E-state index in [0.29, 0.717) is 5.11 Å². The fourth-order valence-corrected chi connectivity index (χ4v) is 1.77. The first-order chi connectivity index (χ1) is 9.52. The van der Waals surface area contributed by atoms with Gasteiger partial charge in [-0.3, -0.25) is 4.90 Å². The molecule has 4 heteroatoms. The summed E-state index contributed by atoms with van der Waals surface area (Å²) in [5, 5.41) is 0.345. The summed E-state index contributed by atoms with van der Waals surface area (Å²) in [6, 6.07) is 19.7. The van der Waals surface area contributed by atoms with E-state index in [2.05, 4.69) is 0 Å². The van der Waals surface area contributed by atoms with E-state index in [1.54, 1.807) is 0 Å². The first-order valence-corrected chi connectivity index (χ1v) is 6.60. The van der Waals surface area contributed by atoms with Crippen molar-refractivity contribution in [3.63, 3.8) is 0 Å². The van der Waals surface area contributed by atoms with E-state index in [0.717, 1.165) is 11.4 Å². The van der Waals surface area contributed by atoms with Crippen molar-refractivity contribution < 1.29 is 4.79 Å². The second-order valence-electron chi connectivity index (χ2n) is 4.25. The minimum absolute atomic E-state index is 0.167. The number of nitrogens with two attached hydrogens (primary N) is 1. The largest absolute Gasteiger partial charge is 0.376 e. The quantitative estimate of drug-likeness (QED) is 0.856. The number of anilines is 2. The molecular weight excluding hydrogens is 268 g/mol. The van der Waals surface area contributed by atoms with Crippen LogP contribution >= 0.6 is 12.2 Å². The van der Waals surface area contributed by atoms with Crippen LogP contribution in [0.25, 0.3) is 0 Å². The Morgan fingerprint density at radius 3 is 1.45 bits per heavy atom. The third-order valence-corrected chi connectivity index (χ3v) is 2.43. The van der Waals surface area contributed by atoms with Crippen molar-refractivity contribution in [3.8, 4) is 0 Å². The maximum Gasteiger partial charge on any atom is 0.175 e. The smallest absolute Gasteiger partial charge is 0.175 e. The van der Waals surface area contributed by atoms with E-state index in [9.17, 15) is 4.79 Å². The third-order valence-electron chi connectivity index (χ3n) is 2.25. The lowest BCUT2D eigenvalue weighted by molar-refractivity contribution is -0.114. The van der Waals surface area contributed by atoms with E-state index in [1.165, 1.54) is 13.8 Å². The molecule has 0 aliphatic carbocycles. The van der Waals surface area contributed by atoms with E-state index in [-0.39, 0.29) is 5.78 Å². The molecule has 0 atom stereocenters. The van der Waals surface area contributed by atoms with Crippen molar-refractivity contribution in [2.45, 2.75) is 13.8 Å². The van der Waals surface area contributed by atoms with Gasteiger partial charge in [-0.2, -0.15) is 0 Å². The number of carbonyl (C=O) groups excluding carboxylic acids is 1. The Balaban J connectivity index is 0.000000444. The molecule has 0 heterocycles. The molecule has 2 aromatic rings. The minimum atomic E-state index is 0.167. The standard InChI is InChI=1S/C13H12N2S.C3H6O/c14-13(16)15(11-7-3-1-4-8-11)12-9-5-2-6-10-12;1-3(2)4/h1-10H,(H2,14,16);1-2H3. The summed E-state index contributed by atoms with van der Waals surface area (Å²) in [6.45, 7) is 3.06. The highest BCUT2D eigenvalue weighted by Gasteiger charge is 2.10. The van der Waals surface area contributed by atoms with Crippen molar-refractivity contribution >= 4 is 34.5 Å². The number of thiocarbonyl (C=S) groups is 1. The molecule has 3 nitrogen and oxygen atoms in total. The number of carbonyl (C=O) groups is 1. The Morgan fingerprint density at radius 2 is 1.20 bits per heavy atom. The Labute approximate surface area is 125 Å². The van der Waals surface area contributed by atoms with Crippen molar-refractivity contribution in [1.82, 2.24) is 0 Å². The zero-order valence-corrected chi connectivity index (χ0v) is 12.4. The summed E-state index contributed by atoms with van der Waals surface area (Å²) in [6.07, 6.45) is 0. The van der Waals surface area contributed by atoms with Crippen molar-refractivity contribution in [2.75, 3.05) is 4.90 Å². The molecule has 0 bridgehead atoms. The lowest BCUT2D eigenvalue weighted by Crippen LogP contribution is -2.30. The van der Waals surface area contributed by atoms with Crippen LogP contribution in [0.5, 0.6) is 0 Å². The molecule has 2 aromatic carbocycles. The summed E-state index contributed by atoms with van der Waals surface area (Å²) in [5.41, 5.74) is 7.70. The van der Waals surface area contributed by atoms with Gasteiger partial charge in [-0.1, -0.05) is 36.4 Å². The first kappa shape index (κ1) is 15.9. The van der Waals surface area contributed by atoms with Crippen LogP contribution in [0.2, 0.25) is 0 Å². The fourth-order valence-electron chi connectivity index (χ4n) is 1.56. The van der Waals surface area contributed by atoms with Gasteiger partial charge in [0.2, 0.25) is 0 Å². The molecule has 0 radical (unpaired) electrons. The first-order valence-electron chi connectivity index (χ1n) is 6.19. The molecule has 0 aromatic heterocycles. The lowest BCUT2D eigenvalue weighted by atomic mass is 10.2. The van der Waals surface area contributed by atoms with E-state index >= 15 is 0 Å². The van der Waals surface area contributed by atoms with Gasteiger partial charge in [0.05, 0.1) is 0 Å². The van der Waals surface area contributed by atoms with Crippen LogP contribution in [0.15, 0.2) is 60.7 Å². The zero-order chi connectivity index (χ0) is 15.0. The van der Waals surface area contributed by atoms with Crippen LogP contribution in [0.4, 0.5) is 11.4 Å². The number of nitrogens with zero attached hydrogens (tertiary/aromatic N) is 1. The second kappa shape index (κ2) is 8.07. The van der Waals surface area contributed by atoms with Gasteiger partial charge in [0.1, 0.15) is 5.78 Å². The maximum absolute atomic E-state index is 9.44. The predicted molar refractivity (Wildman–Crippen MR) is 88.2 cm³/mol. The molecule has 0 spiro atoms. The number of hydrogen-bond donors (Lipinski definition) is 1. The molecule has 2 rings (SSSR count). The summed E-state index contributed by atoms with van der Waals surface area (Å²) < 4.78 is 0. The Kier molecular flexibility index (Phi) is 6.40. The predicted octanol–water partition coefficient (Wildman–Crippen LogP) is 3.66. The van der Waals surface area contributed by atoms with Crippen molar-refractivity contribution in [2.24, 2.45) is 5.73 Å². The van der Waals surface area contributed by atoms with Gasteiger partial charge in [-0.05, 0) is 50.3 Å². The summed E-state index contributed by atoms with van der Waals surface area (Å²) in [5.74, 6) is 0.167. The van der Waals surface area contributed by atoms with Crippen LogP contribution in [0.3, 0.4) is 0 Å². The second-order valence-corrected chi connectivity index (χ2v) is 4.67. The SMILES string of the molecule is CC(C)=O.NC(=S)N(c1ccccc1)c1ccccc1. The highest BCUT2D eigenvalue weighted by atomic mass is 32.1. The summed E-state index contributed by atoms with van der Waals surface area (Å²) in [7, 11) is 0. The molecule has 0 aliphatic rings. The molecule has 0 unspecified atom stereocenters. The minimum Gasteiger partial charge on any atom is -0.376 e. The third kappa shape index (κ3) is 5.20. The highest BCUT2D eigenvalue weighted by Crippen LogP contribution is 2.24. The average molecular weight is 286 g/mol. The van der Waals surface area contributed by atoms with Gasteiger partial charge in [0.25, 0.3) is 0 Å². The lowest BCUT2D eigenvalue weighted by Gasteiger charge is -2.22. The fraction of sp³-hybridized carbons (Fsp3) is 0.125. The van der Waals surface area contributed by atoms with Crippen LogP contribution in [-0.2, 0) is 4.79 Å². The van der Waals surface area contributed by atoms with Crippen molar-refractivity contribution in [1.29, 1.82) is 0 Å². The Hall–Kier alpha value is -2.20. The maximum atomic E-state index is 9.44. The number of rotatable bonds is 2. The van der Waals surface area contributed by atoms with Gasteiger partial charge < -0.3 is 10.5 Å². The van der Waals surface area contributed by atoms with Gasteiger partial charge in [0.15, 0.2) is 5.11 Å². The number of benzene rings is 2. The zero-order valence-electron chi connectivity index (χ0n) is 11.6. The van der Waals surface area contributed by atoms with Crippen LogP contribution in [0, 0.1) is 0 Å². The van der Waals surface area contributed by atoms with Crippen molar-refractivity contribution in [3.05, 3.63) is 60.7 Å². The number of hydrogen-bond acceptors (Lipinski definition) is 2.